The van der Waals surface area contributed by atoms with E-state index in [2.05, 4.69) is 28.5 Å². The van der Waals surface area contributed by atoms with E-state index in [1.807, 2.05) is 56.3 Å². The Balaban J connectivity index is 1.86. The second-order valence-corrected chi connectivity index (χ2v) is 7.70. The Kier molecular flexibility index (Phi) is 6.83. The maximum atomic E-state index is 12.1. The minimum atomic E-state index is -0.259. The Hall–Kier alpha value is -3.20. The van der Waals surface area contributed by atoms with Crippen LogP contribution in [-0.2, 0) is 0 Å². The zero-order valence-corrected chi connectivity index (χ0v) is 18.1. The summed E-state index contributed by atoms with van der Waals surface area (Å²) in [6, 6.07) is 16.1. The van der Waals surface area contributed by atoms with Gasteiger partial charge in [0.1, 0.15) is 5.75 Å². The van der Waals surface area contributed by atoms with Crippen LogP contribution < -0.4 is 20.3 Å². The number of benzene rings is 2. The molecule has 0 spiro atoms. The van der Waals surface area contributed by atoms with Gasteiger partial charge < -0.3 is 20.3 Å². The Labute approximate surface area is 178 Å². The average Bonchev–Trinajstić information content (AvgIpc) is 3.07. The quantitative estimate of drug-likeness (QED) is 0.663. The van der Waals surface area contributed by atoms with E-state index >= 15 is 0 Å². The van der Waals surface area contributed by atoms with E-state index in [4.69, 9.17) is 4.74 Å². The van der Waals surface area contributed by atoms with Gasteiger partial charge in [-0.25, -0.2) is 4.79 Å². The largest absolute Gasteiger partial charge is 0.497 e. The summed E-state index contributed by atoms with van der Waals surface area (Å²) < 4.78 is 5.41. The summed E-state index contributed by atoms with van der Waals surface area (Å²) in [4.78, 5) is 14.4. The predicted molar refractivity (Wildman–Crippen MR) is 120 cm³/mol. The minimum Gasteiger partial charge on any atom is -0.497 e. The number of amides is 2. The highest BCUT2D eigenvalue weighted by Gasteiger charge is 2.39. The van der Waals surface area contributed by atoms with Crippen molar-refractivity contribution < 1.29 is 9.53 Å². The van der Waals surface area contributed by atoms with Gasteiger partial charge >= 0.3 is 6.03 Å². The van der Waals surface area contributed by atoms with Crippen molar-refractivity contribution in [3.8, 4) is 11.8 Å². The van der Waals surface area contributed by atoms with E-state index in [1.165, 1.54) is 0 Å². The van der Waals surface area contributed by atoms with E-state index in [1.54, 1.807) is 7.11 Å². The number of nitrogens with zero attached hydrogens (tertiary/aromatic N) is 2. The molecule has 2 aromatic rings. The molecule has 0 radical (unpaired) electrons. The van der Waals surface area contributed by atoms with Gasteiger partial charge in [0.25, 0.3) is 0 Å². The number of hydrogen-bond donors (Lipinski definition) is 2. The molecular formula is C24H30N4O2. The Morgan fingerprint density at radius 2 is 1.97 bits per heavy atom. The highest BCUT2D eigenvalue weighted by Crippen LogP contribution is 2.49. The van der Waals surface area contributed by atoms with Crippen LogP contribution in [0.25, 0.3) is 0 Å². The summed E-state index contributed by atoms with van der Waals surface area (Å²) in [5.41, 5.74) is 3.88. The molecule has 0 bridgehead atoms. The fraction of sp³-hybridized carbons (Fsp3) is 0.417. The maximum absolute atomic E-state index is 12.1. The summed E-state index contributed by atoms with van der Waals surface area (Å²) in [7, 11) is 1.66. The van der Waals surface area contributed by atoms with Crippen molar-refractivity contribution >= 4 is 17.4 Å². The number of nitrogens with one attached hydrogen (secondary N) is 2. The molecule has 158 valence electrons. The smallest absolute Gasteiger partial charge is 0.319 e. The summed E-state index contributed by atoms with van der Waals surface area (Å²) in [5.74, 6) is 0.532. The molecule has 0 aliphatic carbocycles. The van der Waals surface area contributed by atoms with Gasteiger partial charge in [0, 0.05) is 30.0 Å². The van der Waals surface area contributed by atoms with Crippen molar-refractivity contribution in [2.24, 2.45) is 0 Å². The first-order valence-electron chi connectivity index (χ1n) is 10.5. The highest BCUT2D eigenvalue weighted by molar-refractivity contribution is 5.89. The number of anilines is 2. The van der Waals surface area contributed by atoms with Crippen molar-refractivity contribution in [2.45, 2.75) is 51.6 Å². The average molecular weight is 407 g/mol. The van der Waals surface area contributed by atoms with Crippen molar-refractivity contribution in [1.29, 1.82) is 5.26 Å². The molecule has 6 heteroatoms. The molecule has 2 aromatic carbocycles. The molecule has 0 saturated carbocycles. The molecule has 1 aliphatic rings. The number of methoxy groups -OCH3 is 1. The number of hydrogen-bond acceptors (Lipinski definition) is 4. The first-order valence-corrected chi connectivity index (χ1v) is 10.5. The van der Waals surface area contributed by atoms with Gasteiger partial charge in [-0.05, 0) is 49.1 Å². The van der Waals surface area contributed by atoms with Crippen molar-refractivity contribution in [3.05, 3.63) is 53.6 Å². The molecule has 1 heterocycles. The third-order valence-electron chi connectivity index (χ3n) is 5.64. The lowest BCUT2D eigenvalue weighted by molar-refractivity contribution is 0.249. The van der Waals surface area contributed by atoms with Gasteiger partial charge in [0.2, 0.25) is 0 Å². The highest BCUT2D eigenvalue weighted by atomic mass is 16.5. The molecule has 0 saturated heterocycles. The number of rotatable bonds is 7. The van der Waals surface area contributed by atoms with Crippen LogP contribution in [0.5, 0.6) is 5.75 Å². The van der Waals surface area contributed by atoms with Gasteiger partial charge in [-0.1, -0.05) is 32.0 Å². The fourth-order valence-electron chi connectivity index (χ4n) is 3.93. The molecule has 1 aliphatic heterocycles. The molecule has 0 aromatic heterocycles. The Morgan fingerprint density at radius 1 is 1.23 bits per heavy atom. The van der Waals surface area contributed by atoms with Crippen LogP contribution in [0, 0.1) is 11.3 Å². The monoisotopic (exact) mass is 406 g/mol. The molecule has 2 N–H and O–H groups in total. The first-order chi connectivity index (χ1) is 14.5. The van der Waals surface area contributed by atoms with Gasteiger partial charge in [-0.3, -0.25) is 0 Å². The van der Waals surface area contributed by atoms with Gasteiger partial charge in [0.05, 0.1) is 25.1 Å². The second kappa shape index (κ2) is 9.53. The van der Waals surface area contributed by atoms with Crippen LogP contribution >= 0.6 is 0 Å². The molecule has 3 unspecified atom stereocenters. The lowest BCUT2D eigenvalue weighted by Crippen LogP contribution is -2.35. The van der Waals surface area contributed by atoms with E-state index in [0.29, 0.717) is 0 Å². The number of urea groups is 1. The van der Waals surface area contributed by atoms with E-state index < -0.39 is 0 Å². The topological polar surface area (TPSA) is 77.4 Å². The summed E-state index contributed by atoms with van der Waals surface area (Å²) in [6.45, 7) is 6.99. The zero-order valence-electron chi connectivity index (χ0n) is 18.1. The second-order valence-electron chi connectivity index (χ2n) is 7.70. The molecule has 0 fully saturated rings. The van der Waals surface area contributed by atoms with E-state index in [0.717, 1.165) is 47.6 Å². The normalized spacial score (nSPS) is 18.3. The lowest BCUT2D eigenvalue weighted by atomic mass is 9.91. The number of ether oxygens (including phenoxy) is 1. The van der Waals surface area contributed by atoms with E-state index in [-0.39, 0.29) is 24.0 Å². The number of fused-ring (bicyclic) bond motifs is 1. The zero-order chi connectivity index (χ0) is 21.7. The van der Waals surface area contributed by atoms with Crippen LogP contribution in [0.2, 0.25) is 0 Å². The number of nitriles is 1. The summed E-state index contributed by atoms with van der Waals surface area (Å²) in [5, 5.41) is 15.7. The van der Waals surface area contributed by atoms with Crippen LogP contribution in [0.3, 0.4) is 0 Å². The Bertz CT molecular complexity index is 920. The van der Waals surface area contributed by atoms with Crippen molar-refractivity contribution in [1.82, 2.24) is 5.32 Å². The molecular weight excluding hydrogens is 376 g/mol. The van der Waals surface area contributed by atoms with Crippen LogP contribution in [-0.4, -0.2) is 25.7 Å². The standard InChI is InChI=1S/C24H30N4O2/c1-5-13-28-22-14-19(30-4)11-12-20(22)21(15-25)23(28)17-7-9-18(10-8-17)27-24(29)26-16(3)6-2/h7-12,14,16,21,23H,5-6,13H2,1-4H3,(H2,26,27,29). The van der Waals surface area contributed by atoms with Crippen LogP contribution in [0.15, 0.2) is 42.5 Å². The lowest BCUT2D eigenvalue weighted by Gasteiger charge is -2.29. The molecule has 6 nitrogen and oxygen atoms in total. The van der Waals surface area contributed by atoms with Crippen molar-refractivity contribution in [3.63, 3.8) is 0 Å². The fourth-order valence-corrected chi connectivity index (χ4v) is 3.93. The number of carbonyl (C=O) groups excluding carboxylic acids is 1. The predicted octanol–water partition coefficient (Wildman–Crippen LogP) is 5.19. The first kappa shape index (κ1) is 21.5. The summed E-state index contributed by atoms with van der Waals surface area (Å²) >= 11 is 0. The third-order valence-corrected chi connectivity index (χ3v) is 5.64. The molecule has 3 atom stereocenters. The molecule has 3 rings (SSSR count). The van der Waals surface area contributed by atoms with Crippen molar-refractivity contribution in [2.75, 3.05) is 23.9 Å². The molecule has 30 heavy (non-hydrogen) atoms. The maximum Gasteiger partial charge on any atom is 0.319 e. The van der Waals surface area contributed by atoms with Gasteiger partial charge in [-0.2, -0.15) is 5.26 Å². The van der Waals surface area contributed by atoms with Gasteiger partial charge in [0.15, 0.2) is 0 Å². The Morgan fingerprint density at radius 3 is 2.57 bits per heavy atom. The summed E-state index contributed by atoms with van der Waals surface area (Å²) in [6.07, 6.45) is 1.85. The molecule has 2 amide bonds. The van der Waals surface area contributed by atoms with Gasteiger partial charge in [-0.15, -0.1) is 0 Å². The van der Waals surface area contributed by atoms with E-state index in [9.17, 15) is 10.1 Å². The SMILES string of the molecule is CCCN1c2cc(OC)ccc2C(C#N)C1c1ccc(NC(=O)NC(C)CC)cc1. The van der Waals surface area contributed by atoms with Crippen LogP contribution in [0.4, 0.5) is 16.2 Å². The number of carbonyl (C=O) groups is 1. The van der Waals surface area contributed by atoms with Crippen LogP contribution in [0.1, 0.15) is 56.7 Å². The third kappa shape index (κ3) is 4.35. The minimum absolute atomic E-state index is 0.0694.